The summed E-state index contributed by atoms with van der Waals surface area (Å²) in [4.78, 5) is 29.1. The van der Waals surface area contributed by atoms with Gasteiger partial charge in [0.1, 0.15) is 5.75 Å². The van der Waals surface area contributed by atoms with E-state index in [4.69, 9.17) is 4.74 Å². The molecule has 0 bridgehead atoms. The van der Waals surface area contributed by atoms with Crippen molar-refractivity contribution in [1.29, 1.82) is 0 Å². The van der Waals surface area contributed by atoms with E-state index in [1.54, 1.807) is 19.2 Å². The first-order valence-electron chi connectivity index (χ1n) is 9.38. The van der Waals surface area contributed by atoms with Gasteiger partial charge in [0.25, 0.3) is 5.91 Å². The smallest absolute Gasteiger partial charge is 0.254 e. The molecule has 1 aliphatic heterocycles. The molecule has 27 heavy (non-hydrogen) atoms. The first kappa shape index (κ1) is 19.1. The lowest BCUT2D eigenvalue weighted by Gasteiger charge is -2.34. The lowest BCUT2D eigenvalue weighted by Crippen LogP contribution is -2.49. The van der Waals surface area contributed by atoms with E-state index >= 15 is 0 Å². The van der Waals surface area contributed by atoms with Gasteiger partial charge >= 0.3 is 0 Å². The highest BCUT2D eigenvalue weighted by Crippen LogP contribution is 2.16. The van der Waals surface area contributed by atoms with Crippen LogP contribution in [-0.2, 0) is 6.42 Å². The number of amides is 1. The number of methoxy groups -OCH3 is 1. The van der Waals surface area contributed by atoms with E-state index in [0.29, 0.717) is 44.0 Å². The van der Waals surface area contributed by atoms with E-state index in [1.165, 1.54) is 5.56 Å². The second kappa shape index (κ2) is 8.82. The van der Waals surface area contributed by atoms with Crippen molar-refractivity contribution in [2.45, 2.75) is 13.3 Å². The van der Waals surface area contributed by atoms with Crippen molar-refractivity contribution in [1.82, 2.24) is 9.80 Å². The zero-order valence-corrected chi connectivity index (χ0v) is 16.0. The van der Waals surface area contributed by atoms with Gasteiger partial charge in [-0.15, -0.1) is 0 Å². The second-order valence-electron chi connectivity index (χ2n) is 6.77. The Labute approximate surface area is 160 Å². The lowest BCUT2D eigenvalue weighted by atomic mass is 10.1. The van der Waals surface area contributed by atoms with Crippen LogP contribution in [0.25, 0.3) is 0 Å². The number of Topliss-reactive ketones (excluding diaryl/α,β-unsaturated/α-hetero) is 1. The third-order valence-electron chi connectivity index (χ3n) is 5.03. The summed E-state index contributed by atoms with van der Waals surface area (Å²) >= 11 is 0. The molecule has 2 aromatic rings. The van der Waals surface area contributed by atoms with Crippen molar-refractivity contribution in [2.75, 3.05) is 39.8 Å². The summed E-state index contributed by atoms with van der Waals surface area (Å²) in [6.45, 7) is 5.15. The summed E-state index contributed by atoms with van der Waals surface area (Å²) in [5.74, 6) is 0.819. The fraction of sp³-hybridized carbons (Fsp3) is 0.364. The molecule has 0 atom stereocenters. The van der Waals surface area contributed by atoms with Crippen LogP contribution in [0.1, 0.15) is 33.2 Å². The van der Waals surface area contributed by atoms with Crippen LogP contribution < -0.4 is 4.74 Å². The predicted molar refractivity (Wildman–Crippen MR) is 105 cm³/mol. The van der Waals surface area contributed by atoms with Gasteiger partial charge in [0.15, 0.2) is 5.78 Å². The minimum Gasteiger partial charge on any atom is -0.497 e. The van der Waals surface area contributed by atoms with Gasteiger partial charge in [0.2, 0.25) is 0 Å². The van der Waals surface area contributed by atoms with Crippen LogP contribution in [0, 0.1) is 0 Å². The number of benzene rings is 2. The second-order valence-corrected chi connectivity index (χ2v) is 6.77. The monoisotopic (exact) mass is 366 g/mol. The van der Waals surface area contributed by atoms with E-state index in [1.807, 2.05) is 41.3 Å². The SMILES string of the molecule is CCc1ccc(C(=O)CN2CCN(C(=O)c3cccc(OC)c3)CC2)cc1. The van der Waals surface area contributed by atoms with E-state index in [-0.39, 0.29) is 11.7 Å². The third-order valence-corrected chi connectivity index (χ3v) is 5.03. The first-order valence-corrected chi connectivity index (χ1v) is 9.38. The average molecular weight is 366 g/mol. The van der Waals surface area contributed by atoms with Crippen molar-refractivity contribution in [2.24, 2.45) is 0 Å². The Bertz CT molecular complexity index is 793. The molecule has 0 radical (unpaired) electrons. The molecule has 3 rings (SSSR count). The Kier molecular flexibility index (Phi) is 6.24. The van der Waals surface area contributed by atoms with Gasteiger partial charge in [-0.2, -0.15) is 0 Å². The number of nitrogens with zero attached hydrogens (tertiary/aromatic N) is 2. The Balaban J connectivity index is 1.53. The van der Waals surface area contributed by atoms with Crippen LogP contribution in [0.2, 0.25) is 0 Å². The maximum atomic E-state index is 12.7. The molecule has 2 aromatic carbocycles. The Morgan fingerprint density at radius 1 is 0.963 bits per heavy atom. The molecule has 1 amide bonds. The van der Waals surface area contributed by atoms with E-state index in [2.05, 4.69) is 11.8 Å². The molecule has 0 saturated carbocycles. The lowest BCUT2D eigenvalue weighted by molar-refractivity contribution is 0.0624. The van der Waals surface area contributed by atoms with Gasteiger partial charge in [0, 0.05) is 37.3 Å². The molecule has 0 aliphatic carbocycles. The minimum atomic E-state index is 0.00929. The number of carbonyl (C=O) groups is 2. The Hall–Kier alpha value is -2.66. The van der Waals surface area contributed by atoms with Crippen LogP contribution in [0.3, 0.4) is 0 Å². The molecular weight excluding hydrogens is 340 g/mol. The molecular formula is C22H26N2O3. The highest BCUT2D eigenvalue weighted by atomic mass is 16.5. The fourth-order valence-electron chi connectivity index (χ4n) is 3.27. The molecule has 1 saturated heterocycles. The zero-order valence-electron chi connectivity index (χ0n) is 16.0. The fourth-order valence-corrected chi connectivity index (χ4v) is 3.27. The van der Waals surface area contributed by atoms with Crippen LogP contribution in [0.4, 0.5) is 0 Å². The number of rotatable bonds is 6. The van der Waals surface area contributed by atoms with Gasteiger partial charge in [-0.25, -0.2) is 0 Å². The average Bonchev–Trinajstić information content (AvgIpc) is 2.74. The number of hydrogen-bond donors (Lipinski definition) is 0. The number of piperazine rings is 1. The number of ketones is 1. The van der Waals surface area contributed by atoms with Crippen LogP contribution in [0.5, 0.6) is 5.75 Å². The van der Waals surface area contributed by atoms with E-state index in [0.717, 1.165) is 12.0 Å². The molecule has 0 spiro atoms. The molecule has 0 unspecified atom stereocenters. The summed E-state index contributed by atoms with van der Waals surface area (Å²) in [6.07, 6.45) is 0.970. The van der Waals surface area contributed by atoms with E-state index < -0.39 is 0 Å². The summed E-state index contributed by atoms with van der Waals surface area (Å²) in [7, 11) is 1.59. The number of hydrogen-bond acceptors (Lipinski definition) is 4. The van der Waals surface area contributed by atoms with Gasteiger partial charge in [-0.3, -0.25) is 14.5 Å². The normalized spacial score (nSPS) is 14.8. The van der Waals surface area contributed by atoms with Crippen LogP contribution in [-0.4, -0.2) is 61.3 Å². The van der Waals surface area contributed by atoms with Gasteiger partial charge in [-0.1, -0.05) is 37.3 Å². The highest BCUT2D eigenvalue weighted by Gasteiger charge is 2.23. The topological polar surface area (TPSA) is 49.9 Å². The van der Waals surface area contributed by atoms with Gasteiger partial charge < -0.3 is 9.64 Å². The standard InChI is InChI=1S/C22H26N2O3/c1-3-17-7-9-18(10-8-17)21(25)16-23-11-13-24(14-12-23)22(26)19-5-4-6-20(15-19)27-2/h4-10,15H,3,11-14,16H2,1-2H3. The first-order chi connectivity index (χ1) is 13.1. The van der Waals surface area contributed by atoms with Crippen molar-refractivity contribution in [3.8, 4) is 5.75 Å². The predicted octanol–water partition coefficient (Wildman–Crippen LogP) is 2.90. The molecule has 1 heterocycles. The molecule has 0 N–H and O–H groups in total. The summed E-state index contributed by atoms with van der Waals surface area (Å²) in [6, 6.07) is 15.1. The Morgan fingerprint density at radius 2 is 1.67 bits per heavy atom. The molecule has 5 heteroatoms. The summed E-state index contributed by atoms with van der Waals surface area (Å²) in [5, 5.41) is 0. The van der Waals surface area contributed by atoms with Crippen molar-refractivity contribution in [3.63, 3.8) is 0 Å². The maximum Gasteiger partial charge on any atom is 0.254 e. The quantitative estimate of drug-likeness (QED) is 0.738. The number of carbonyl (C=O) groups excluding carboxylic acids is 2. The van der Waals surface area contributed by atoms with Crippen LogP contribution in [0.15, 0.2) is 48.5 Å². The Morgan fingerprint density at radius 3 is 2.30 bits per heavy atom. The minimum absolute atomic E-state index is 0.00929. The van der Waals surface area contributed by atoms with Crippen molar-refractivity contribution < 1.29 is 14.3 Å². The summed E-state index contributed by atoms with van der Waals surface area (Å²) < 4.78 is 5.19. The zero-order chi connectivity index (χ0) is 19.2. The molecule has 142 valence electrons. The van der Waals surface area contributed by atoms with Crippen LogP contribution >= 0.6 is 0 Å². The molecule has 0 aromatic heterocycles. The van der Waals surface area contributed by atoms with Crippen molar-refractivity contribution in [3.05, 3.63) is 65.2 Å². The van der Waals surface area contributed by atoms with Gasteiger partial charge in [-0.05, 0) is 30.2 Å². The number of aryl methyl sites for hydroxylation is 1. The van der Waals surface area contributed by atoms with Crippen molar-refractivity contribution >= 4 is 11.7 Å². The molecule has 1 aliphatic rings. The molecule has 1 fully saturated rings. The third kappa shape index (κ3) is 4.74. The highest BCUT2D eigenvalue weighted by molar-refractivity contribution is 5.97. The van der Waals surface area contributed by atoms with Gasteiger partial charge in [0.05, 0.1) is 13.7 Å². The summed E-state index contributed by atoms with van der Waals surface area (Å²) in [5.41, 5.74) is 2.62. The molecule has 5 nitrogen and oxygen atoms in total. The number of ether oxygens (including phenoxy) is 1. The maximum absolute atomic E-state index is 12.7. The van der Waals surface area contributed by atoms with E-state index in [9.17, 15) is 9.59 Å². The largest absolute Gasteiger partial charge is 0.497 e.